The Balaban J connectivity index is 1.94. The maximum absolute atomic E-state index is 11.9. The third-order valence-electron chi connectivity index (χ3n) is 6.24. The lowest BCUT2D eigenvalue weighted by molar-refractivity contribution is -0.223. The monoisotopic (exact) mass is 262 g/mol. The van der Waals surface area contributed by atoms with Gasteiger partial charge in [0.25, 0.3) is 0 Å². The minimum absolute atomic E-state index is 0.187. The summed E-state index contributed by atoms with van der Waals surface area (Å²) < 4.78 is 6.06. The van der Waals surface area contributed by atoms with E-state index in [9.17, 15) is 4.79 Å². The summed E-state index contributed by atoms with van der Waals surface area (Å²) in [6.45, 7) is 8.08. The molecule has 0 aromatic rings. The molecule has 2 heteroatoms. The molecule has 2 nitrogen and oxygen atoms in total. The maximum Gasteiger partial charge on any atom is 0.330 e. The van der Waals surface area contributed by atoms with Gasteiger partial charge in [-0.3, -0.25) is 0 Å². The molecule has 4 aliphatic rings. The molecule has 0 spiro atoms. The standard InChI is InChI=1S/C17H26O2/c1-4-11(3)17(19-16(18)5-2)14-7-12-6-13(9-14)10-15(17)8-12/h5,11-15H,2,4,6-10H2,1,3H3. The highest BCUT2D eigenvalue weighted by molar-refractivity contribution is 5.81. The largest absolute Gasteiger partial charge is 0.455 e. The Morgan fingerprint density at radius 1 is 1.26 bits per heavy atom. The van der Waals surface area contributed by atoms with Crippen molar-refractivity contribution in [3.63, 3.8) is 0 Å². The summed E-state index contributed by atoms with van der Waals surface area (Å²) in [5.41, 5.74) is -0.187. The average molecular weight is 262 g/mol. The van der Waals surface area contributed by atoms with E-state index in [1.807, 2.05) is 0 Å². The molecule has 0 saturated heterocycles. The van der Waals surface area contributed by atoms with E-state index in [0.717, 1.165) is 18.3 Å². The number of carbonyl (C=O) groups excluding carboxylic acids is 1. The highest BCUT2D eigenvalue weighted by Crippen LogP contribution is 2.62. The second-order valence-corrected chi connectivity index (χ2v) is 7.09. The van der Waals surface area contributed by atoms with Crippen LogP contribution in [0.2, 0.25) is 0 Å². The fourth-order valence-electron chi connectivity index (χ4n) is 5.53. The van der Waals surface area contributed by atoms with E-state index in [2.05, 4.69) is 20.4 Å². The van der Waals surface area contributed by atoms with Gasteiger partial charge >= 0.3 is 5.97 Å². The Morgan fingerprint density at radius 3 is 2.21 bits per heavy atom. The fraction of sp³-hybridized carbons (Fsp3) is 0.824. The molecule has 0 radical (unpaired) electrons. The molecule has 4 saturated carbocycles. The highest BCUT2D eigenvalue weighted by atomic mass is 16.6. The third-order valence-corrected chi connectivity index (χ3v) is 6.24. The van der Waals surface area contributed by atoms with Gasteiger partial charge in [0.1, 0.15) is 5.60 Å². The van der Waals surface area contributed by atoms with Crippen LogP contribution in [0.15, 0.2) is 12.7 Å². The first kappa shape index (κ1) is 13.2. The van der Waals surface area contributed by atoms with Crippen molar-refractivity contribution in [2.45, 2.75) is 58.0 Å². The summed E-state index contributed by atoms with van der Waals surface area (Å²) in [5.74, 6) is 3.26. The van der Waals surface area contributed by atoms with Crippen molar-refractivity contribution in [2.75, 3.05) is 0 Å². The van der Waals surface area contributed by atoms with E-state index in [0.29, 0.717) is 17.8 Å². The van der Waals surface area contributed by atoms with Gasteiger partial charge in [0.15, 0.2) is 0 Å². The lowest BCUT2D eigenvalue weighted by Gasteiger charge is -2.62. The van der Waals surface area contributed by atoms with Crippen LogP contribution in [0.25, 0.3) is 0 Å². The van der Waals surface area contributed by atoms with Crippen LogP contribution in [-0.4, -0.2) is 11.6 Å². The summed E-state index contributed by atoms with van der Waals surface area (Å²) in [6.07, 6.45) is 8.98. The summed E-state index contributed by atoms with van der Waals surface area (Å²) in [6, 6.07) is 0. The van der Waals surface area contributed by atoms with Crippen molar-refractivity contribution < 1.29 is 9.53 Å². The Bertz CT molecular complexity index is 357. The molecule has 0 aromatic heterocycles. The third kappa shape index (κ3) is 1.86. The quantitative estimate of drug-likeness (QED) is 0.566. The Labute approximate surface area is 116 Å². The predicted molar refractivity (Wildman–Crippen MR) is 75.5 cm³/mol. The van der Waals surface area contributed by atoms with Gasteiger partial charge in [0.2, 0.25) is 0 Å². The van der Waals surface area contributed by atoms with Crippen molar-refractivity contribution in [3.05, 3.63) is 12.7 Å². The predicted octanol–water partition coefficient (Wildman–Crippen LogP) is 3.96. The Kier molecular flexibility index (Phi) is 3.23. The molecule has 19 heavy (non-hydrogen) atoms. The van der Waals surface area contributed by atoms with Crippen LogP contribution >= 0.6 is 0 Å². The minimum Gasteiger partial charge on any atom is -0.455 e. The minimum atomic E-state index is -0.215. The molecule has 0 amide bonds. The van der Waals surface area contributed by atoms with Crippen LogP contribution in [0, 0.1) is 29.6 Å². The Hall–Kier alpha value is -0.790. The zero-order valence-corrected chi connectivity index (χ0v) is 12.2. The van der Waals surface area contributed by atoms with Crippen molar-refractivity contribution in [2.24, 2.45) is 29.6 Å². The van der Waals surface area contributed by atoms with E-state index in [4.69, 9.17) is 4.74 Å². The zero-order chi connectivity index (χ0) is 13.6. The number of rotatable bonds is 4. The molecule has 0 N–H and O–H groups in total. The average Bonchev–Trinajstić information content (AvgIpc) is 2.41. The second kappa shape index (κ2) is 4.64. The number of hydrogen-bond acceptors (Lipinski definition) is 2. The van der Waals surface area contributed by atoms with Crippen molar-refractivity contribution >= 4 is 5.97 Å². The lowest BCUT2D eigenvalue weighted by Crippen LogP contribution is -2.62. The number of carbonyl (C=O) groups is 1. The van der Waals surface area contributed by atoms with Gasteiger partial charge in [-0.25, -0.2) is 4.79 Å². The van der Waals surface area contributed by atoms with E-state index < -0.39 is 0 Å². The summed E-state index contributed by atoms with van der Waals surface area (Å²) in [5, 5.41) is 0. The van der Waals surface area contributed by atoms with Crippen LogP contribution in [0.4, 0.5) is 0 Å². The summed E-state index contributed by atoms with van der Waals surface area (Å²) >= 11 is 0. The van der Waals surface area contributed by atoms with Crippen LogP contribution in [0.3, 0.4) is 0 Å². The second-order valence-electron chi connectivity index (χ2n) is 7.09. The molecular weight excluding hydrogens is 236 g/mol. The van der Waals surface area contributed by atoms with Gasteiger partial charge in [-0.1, -0.05) is 20.4 Å². The van der Waals surface area contributed by atoms with Crippen molar-refractivity contribution in [1.82, 2.24) is 0 Å². The zero-order valence-electron chi connectivity index (χ0n) is 12.2. The normalized spacial score (nSPS) is 44.9. The molecule has 4 rings (SSSR count). The van der Waals surface area contributed by atoms with Crippen LogP contribution in [-0.2, 0) is 9.53 Å². The smallest absolute Gasteiger partial charge is 0.330 e. The van der Waals surface area contributed by atoms with Crippen LogP contribution < -0.4 is 0 Å². The molecule has 0 aromatic carbocycles. The molecular formula is C17H26O2. The molecule has 0 aliphatic heterocycles. The Morgan fingerprint density at radius 2 is 1.79 bits per heavy atom. The van der Waals surface area contributed by atoms with Crippen LogP contribution in [0.1, 0.15) is 52.4 Å². The topological polar surface area (TPSA) is 26.3 Å². The number of esters is 1. The van der Waals surface area contributed by atoms with Crippen molar-refractivity contribution in [1.29, 1.82) is 0 Å². The molecule has 0 heterocycles. The van der Waals surface area contributed by atoms with E-state index in [-0.39, 0.29) is 11.6 Å². The van der Waals surface area contributed by atoms with Gasteiger partial charge < -0.3 is 4.74 Å². The van der Waals surface area contributed by atoms with E-state index in [1.165, 1.54) is 38.2 Å². The van der Waals surface area contributed by atoms with Gasteiger partial charge in [0.05, 0.1) is 0 Å². The molecule has 1 unspecified atom stereocenters. The SMILES string of the molecule is C=CC(=O)OC1(C(C)CC)C2CC3CC(C2)CC1C3. The maximum atomic E-state index is 11.9. The van der Waals surface area contributed by atoms with Gasteiger partial charge in [-0.2, -0.15) is 0 Å². The summed E-state index contributed by atoms with van der Waals surface area (Å²) in [7, 11) is 0. The first-order chi connectivity index (χ1) is 9.10. The first-order valence-electron chi connectivity index (χ1n) is 7.95. The summed E-state index contributed by atoms with van der Waals surface area (Å²) in [4.78, 5) is 11.9. The van der Waals surface area contributed by atoms with E-state index >= 15 is 0 Å². The van der Waals surface area contributed by atoms with Gasteiger partial charge in [0, 0.05) is 6.08 Å². The highest BCUT2D eigenvalue weighted by Gasteiger charge is 2.61. The molecule has 106 valence electrons. The number of hydrogen-bond donors (Lipinski definition) is 0. The molecule has 1 atom stereocenters. The molecule has 4 aliphatic carbocycles. The van der Waals surface area contributed by atoms with Crippen LogP contribution in [0.5, 0.6) is 0 Å². The fourth-order valence-corrected chi connectivity index (χ4v) is 5.53. The number of ether oxygens (including phenoxy) is 1. The van der Waals surface area contributed by atoms with Crippen molar-refractivity contribution in [3.8, 4) is 0 Å². The van der Waals surface area contributed by atoms with Gasteiger partial charge in [-0.05, 0) is 68.1 Å². The first-order valence-corrected chi connectivity index (χ1v) is 7.95. The van der Waals surface area contributed by atoms with E-state index in [1.54, 1.807) is 0 Å². The molecule has 4 bridgehead atoms. The van der Waals surface area contributed by atoms with Gasteiger partial charge in [-0.15, -0.1) is 0 Å². The molecule has 4 fully saturated rings. The lowest BCUT2D eigenvalue weighted by atomic mass is 9.47.